The average Bonchev–Trinajstić information content (AvgIpc) is 2.91. The second kappa shape index (κ2) is 8.14. The molecule has 5 nitrogen and oxygen atoms in total. The van der Waals surface area contributed by atoms with Crippen molar-refractivity contribution in [2.24, 2.45) is 0 Å². The van der Waals surface area contributed by atoms with Gasteiger partial charge in [0.15, 0.2) is 0 Å². The van der Waals surface area contributed by atoms with E-state index in [1.807, 2.05) is 43.6 Å². The molecule has 1 aromatic heterocycles. The van der Waals surface area contributed by atoms with E-state index in [1.165, 1.54) is 5.56 Å². The molecule has 1 aromatic carbocycles. The van der Waals surface area contributed by atoms with Gasteiger partial charge >= 0.3 is 5.97 Å². The van der Waals surface area contributed by atoms with Crippen molar-refractivity contribution in [2.75, 3.05) is 6.54 Å². The van der Waals surface area contributed by atoms with Crippen LogP contribution in [0, 0.1) is 6.92 Å². The quantitative estimate of drug-likeness (QED) is 0.580. The monoisotopic (exact) mass is 299 g/mol. The Morgan fingerprint density at radius 2 is 2.14 bits per heavy atom. The van der Waals surface area contributed by atoms with Crippen molar-refractivity contribution in [3.8, 4) is 0 Å². The number of aromatic nitrogens is 2. The van der Waals surface area contributed by atoms with Gasteiger partial charge in [0.2, 0.25) is 0 Å². The van der Waals surface area contributed by atoms with Crippen molar-refractivity contribution in [3.63, 3.8) is 0 Å². The lowest BCUT2D eigenvalue weighted by molar-refractivity contribution is -0.131. The molecule has 0 bridgehead atoms. The number of imidazole rings is 1. The van der Waals surface area contributed by atoms with Gasteiger partial charge in [-0.3, -0.25) is 0 Å². The van der Waals surface area contributed by atoms with Gasteiger partial charge in [0.25, 0.3) is 0 Å². The third-order valence-corrected chi connectivity index (χ3v) is 3.40. The van der Waals surface area contributed by atoms with Crippen LogP contribution in [-0.2, 0) is 17.9 Å². The zero-order chi connectivity index (χ0) is 15.8. The largest absolute Gasteiger partial charge is 0.478 e. The van der Waals surface area contributed by atoms with Crippen LogP contribution in [-0.4, -0.2) is 27.2 Å². The molecule has 2 rings (SSSR count). The molecule has 5 heteroatoms. The van der Waals surface area contributed by atoms with Gasteiger partial charge in [-0.2, -0.15) is 0 Å². The molecule has 0 fully saturated rings. The maximum absolute atomic E-state index is 10.4. The van der Waals surface area contributed by atoms with Crippen LogP contribution in [0.1, 0.15) is 23.4 Å². The van der Waals surface area contributed by atoms with E-state index in [0.29, 0.717) is 0 Å². The standard InChI is InChI=1S/C17H21N3O2/c1-14-19-10-12-20(14)11-2-9-18-13-16-5-3-15(4-6-16)7-8-17(21)22/h3-8,10,12,18H,2,9,11,13H2,1H3,(H,21,22)/b8-7+. The van der Waals surface area contributed by atoms with Gasteiger partial charge in [0, 0.05) is 31.6 Å². The van der Waals surface area contributed by atoms with Crippen molar-refractivity contribution in [1.82, 2.24) is 14.9 Å². The maximum atomic E-state index is 10.4. The van der Waals surface area contributed by atoms with Gasteiger partial charge in [-0.05, 0) is 37.1 Å². The predicted molar refractivity (Wildman–Crippen MR) is 86.4 cm³/mol. The highest BCUT2D eigenvalue weighted by Gasteiger charge is 1.97. The maximum Gasteiger partial charge on any atom is 0.328 e. The molecule has 0 saturated heterocycles. The van der Waals surface area contributed by atoms with Crippen molar-refractivity contribution >= 4 is 12.0 Å². The lowest BCUT2D eigenvalue weighted by Gasteiger charge is -2.07. The lowest BCUT2D eigenvalue weighted by atomic mass is 10.1. The molecule has 0 amide bonds. The average molecular weight is 299 g/mol. The SMILES string of the molecule is Cc1nccn1CCCNCc1ccc(/C=C/C(=O)O)cc1. The Morgan fingerprint density at radius 3 is 2.77 bits per heavy atom. The number of nitrogens with one attached hydrogen (secondary N) is 1. The molecule has 0 aliphatic rings. The molecule has 0 saturated carbocycles. The van der Waals surface area contributed by atoms with Crippen LogP contribution in [0.15, 0.2) is 42.7 Å². The third-order valence-electron chi connectivity index (χ3n) is 3.40. The molecule has 1 heterocycles. The van der Waals surface area contributed by atoms with E-state index in [0.717, 1.165) is 43.5 Å². The molecule has 2 aromatic rings. The molecule has 0 spiro atoms. The van der Waals surface area contributed by atoms with E-state index in [4.69, 9.17) is 5.11 Å². The Bertz CT molecular complexity index is 630. The summed E-state index contributed by atoms with van der Waals surface area (Å²) in [5.41, 5.74) is 2.08. The molecule has 0 atom stereocenters. The first-order valence-corrected chi connectivity index (χ1v) is 7.33. The minimum absolute atomic E-state index is 0.811. The summed E-state index contributed by atoms with van der Waals surface area (Å²) in [5, 5.41) is 12.0. The van der Waals surface area contributed by atoms with Crippen LogP contribution < -0.4 is 5.32 Å². The summed E-state index contributed by atoms with van der Waals surface area (Å²) in [6.07, 6.45) is 7.61. The second-order valence-electron chi connectivity index (χ2n) is 5.11. The minimum atomic E-state index is -0.932. The number of nitrogens with zero attached hydrogens (tertiary/aromatic N) is 2. The summed E-state index contributed by atoms with van der Waals surface area (Å²) in [4.78, 5) is 14.6. The van der Waals surface area contributed by atoms with E-state index in [9.17, 15) is 4.79 Å². The van der Waals surface area contributed by atoms with Crippen molar-refractivity contribution in [3.05, 3.63) is 59.7 Å². The van der Waals surface area contributed by atoms with Crippen molar-refractivity contribution < 1.29 is 9.90 Å². The van der Waals surface area contributed by atoms with Gasteiger partial charge in [-0.15, -0.1) is 0 Å². The highest BCUT2D eigenvalue weighted by Crippen LogP contribution is 2.06. The van der Waals surface area contributed by atoms with Crippen molar-refractivity contribution in [1.29, 1.82) is 0 Å². The first-order chi connectivity index (χ1) is 10.6. The molecule has 0 aliphatic carbocycles. The van der Waals surface area contributed by atoms with E-state index < -0.39 is 5.97 Å². The molecule has 116 valence electrons. The number of aryl methyl sites for hydroxylation is 2. The van der Waals surface area contributed by atoms with E-state index in [2.05, 4.69) is 14.9 Å². The Kier molecular flexibility index (Phi) is 5.91. The Labute approximate surface area is 130 Å². The van der Waals surface area contributed by atoms with Crippen LogP contribution in [0.2, 0.25) is 0 Å². The smallest absolute Gasteiger partial charge is 0.328 e. The Hall–Kier alpha value is -2.40. The topological polar surface area (TPSA) is 67.2 Å². The number of carbonyl (C=O) groups is 1. The van der Waals surface area contributed by atoms with Gasteiger partial charge in [0.1, 0.15) is 5.82 Å². The molecule has 2 N–H and O–H groups in total. The first-order valence-electron chi connectivity index (χ1n) is 7.33. The van der Waals surface area contributed by atoms with E-state index in [-0.39, 0.29) is 0 Å². The van der Waals surface area contributed by atoms with E-state index in [1.54, 1.807) is 6.08 Å². The molecule has 0 radical (unpaired) electrons. The Morgan fingerprint density at radius 1 is 1.36 bits per heavy atom. The fraction of sp³-hybridized carbons (Fsp3) is 0.294. The highest BCUT2D eigenvalue weighted by atomic mass is 16.4. The number of carboxylic acids is 1. The van der Waals surface area contributed by atoms with Crippen LogP contribution in [0.4, 0.5) is 0 Å². The zero-order valence-electron chi connectivity index (χ0n) is 12.7. The van der Waals surface area contributed by atoms with Crippen molar-refractivity contribution in [2.45, 2.75) is 26.4 Å². The summed E-state index contributed by atoms with van der Waals surface area (Å²) < 4.78 is 2.14. The summed E-state index contributed by atoms with van der Waals surface area (Å²) in [7, 11) is 0. The predicted octanol–water partition coefficient (Wildman–Crippen LogP) is 2.47. The lowest BCUT2D eigenvalue weighted by Crippen LogP contribution is -2.16. The third kappa shape index (κ3) is 5.18. The number of aliphatic carboxylic acids is 1. The van der Waals surface area contributed by atoms with Crippen LogP contribution >= 0.6 is 0 Å². The number of hydrogen-bond donors (Lipinski definition) is 2. The van der Waals surface area contributed by atoms with Gasteiger partial charge < -0.3 is 15.0 Å². The minimum Gasteiger partial charge on any atom is -0.478 e. The fourth-order valence-corrected chi connectivity index (χ4v) is 2.16. The molecular weight excluding hydrogens is 278 g/mol. The number of rotatable bonds is 8. The van der Waals surface area contributed by atoms with Gasteiger partial charge in [0.05, 0.1) is 0 Å². The molecule has 22 heavy (non-hydrogen) atoms. The second-order valence-corrected chi connectivity index (χ2v) is 5.11. The van der Waals surface area contributed by atoms with Crippen LogP contribution in [0.3, 0.4) is 0 Å². The summed E-state index contributed by atoms with van der Waals surface area (Å²) >= 11 is 0. The number of benzene rings is 1. The summed E-state index contributed by atoms with van der Waals surface area (Å²) in [6.45, 7) is 4.73. The summed E-state index contributed by atoms with van der Waals surface area (Å²) in [6, 6.07) is 7.86. The zero-order valence-corrected chi connectivity index (χ0v) is 12.7. The normalized spacial score (nSPS) is 11.1. The highest BCUT2D eigenvalue weighted by molar-refractivity contribution is 5.85. The van der Waals surface area contributed by atoms with Crippen LogP contribution in [0.25, 0.3) is 6.08 Å². The molecule has 0 unspecified atom stereocenters. The van der Waals surface area contributed by atoms with Gasteiger partial charge in [-0.25, -0.2) is 9.78 Å². The Balaban J connectivity index is 1.69. The molecule has 0 aliphatic heterocycles. The van der Waals surface area contributed by atoms with Gasteiger partial charge in [-0.1, -0.05) is 24.3 Å². The number of carboxylic acid groups (broad SMARTS) is 1. The first kappa shape index (κ1) is 16.0. The summed E-state index contributed by atoms with van der Waals surface area (Å²) in [5.74, 6) is 0.115. The van der Waals surface area contributed by atoms with Crippen LogP contribution in [0.5, 0.6) is 0 Å². The molecular formula is C17H21N3O2. The fourth-order valence-electron chi connectivity index (χ4n) is 2.16. The van der Waals surface area contributed by atoms with E-state index >= 15 is 0 Å². The number of hydrogen-bond acceptors (Lipinski definition) is 3.